The van der Waals surface area contributed by atoms with Gasteiger partial charge in [0.25, 0.3) is 0 Å². The Labute approximate surface area is 159 Å². The van der Waals surface area contributed by atoms with E-state index in [1.165, 1.54) is 5.56 Å². The number of piperidine rings is 1. The van der Waals surface area contributed by atoms with Gasteiger partial charge in [-0.15, -0.1) is 0 Å². The molecule has 1 saturated heterocycles. The van der Waals surface area contributed by atoms with E-state index in [1.807, 2.05) is 26.0 Å². The Balaban J connectivity index is 1.59. The summed E-state index contributed by atoms with van der Waals surface area (Å²) in [5.74, 6) is 1.92. The van der Waals surface area contributed by atoms with Crippen molar-refractivity contribution in [1.82, 2.24) is 9.97 Å². The maximum absolute atomic E-state index is 9.09. The second kappa shape index (κ2) is 7.36. The van der Waals surface area contributed by atoms with E-state index in [4.69, 9.17) is 15.0 Å². The first-order valence-corrected chi connectivity index (χ1v) is 9.45. The number of rotatable bonds is 4. The molecule has 4 rings (SSSR count). The van der Waals surface area contributed by atoms with E-state index < -0.39 is 0 Å². The quantitative estimate of drug-likeness (QED) is 0.835. The summed E-state index contributed by atoms with van der Waals surface area (Å²) in [6.07, 6.45) is 3.51. The first kappa shape index (κ1) is 17.5. The lowest BCUT2D eigenvalue weighted by Gasteiger charge is -2.30. The molecule has 2 aliphatic rings. The molecule has 138 valence electrons. The third-order valence-corrected chi connectivity index (χ3v) is 5.01. The van der Waals surface area contributed by atoms with E-state index in [0.29, 0.717) is 6.54 Å². The van der Waals surface area contributed by atoms with Crippen molar-refractivity contribution >= 4 is 11.5 Å². The Morgan fingerprint density at radius 1 is 1.19 bits per heavy atom. The first-order valence-electron chi connectivity index (χ1n) is 9.45. The van der Waals surface area contributed by atoms with Gasteiger partial charge in [0.05, 0.1) is 30.1 Å². The van der Waals surface area contributed by atoms with Gasteiger partial charge in [-0.1, -0.05) is 6.07 Å². The van der Waals surface area contributed by atoms with E-state index in [9.17, 15) is 0 Å². The Morgan fingerprint density at radius 3 is 2.74 bits per heavy atom. The van der Waals surface area contributed by atoms with Crippen molar-refractivity contribution in [3.05, 3.63) is 47.4 Å². The van der Waals surface area contributed by atoms with Crippen LogP contribution in [-0.4, -0.2) is 34.9 Å². The van der Waals surface area contributed by atoms with Crippen molar-refractivity contribution in [2.24, 2.45) is 10.9 Å². The monoisotopic (exact) mass is 361 g/mol. The van der Waals surface area contributed by atoms with Crippen LogP contribution in [0.25, 0.3) is 0 Å². The van der Waals surface area contributed by atoms with Crippen LogP contribution in [0.15, 0.2) is 35.6 Å². The van der Waals surface area contributed by atoms with Crippen LogP contribution in [0.2, 0.25) is 0 Å². The van der Waals surface area contributed by atoms with Gasteiger partial charge in [0, 0.05) is 30.6 Å². The zero-order valence-electron chi connectivity index (χ0n) is 15.7. The number of hydrogen-bond acceptors (Lipinski definition) is 6. The molecular weight excluding hydrogens is 338 g/mol. The third-order valence-electron chi connectivity index (χ3n) is 5.01. The van der Waals surface area contributed by atoms with Crippen LogP contribution in [0, 0.1) is 17.2 Å². The molecule has 0 radical (unpaired) electrons. The van der Waals surface area contributed by atoms with Crippen molar-refractivity contribution < 1.29 is 4.74 Å². The standard InChI is InChI=1S/C21H23N5O/c1-14(2)27-17-4-3-16-12-23-21(18(16)9-17)19-10-20(25-13-24-19)26-7-5-15(11-22)6-8-26/h3-4,9-10,13-15H,5-8,12H2,1-2H3. The first-order chi connectivity index (χ1) is 13.1. The van der Waals surface area contributed by atoms with Crippen molar-refractivity contribution in [2.75, 3.05) is 18.0 Å². The summed E-state index contributed by atoms with van der Waals surface area (Å²) in [6.45, 7) is 6.41. The van der Waals surface area contributed by atoms with Gasteiger partial charge in [-0.2, -0.15) is 5.26 Å². The van der Waals surface area contributed by atoms with E-state index >= 15 is 0 Å². The molecule has 0 spiro atoms. The Kier molecular flexibility index (Phi) is 4.76. The number of anilines is 1. The summed E-state index contributed by atoms with van der Waals surface area (Å²) < 4.78 is 5.84. The summed E-state index contributed by atoms with van der Waals surface area (Å²) in [5.41, 5.74) is 4.01. The summed E-state index contributed by atoms with van der Waals surface area (Å²) in [6, 6.07) is 10.5. The van der Waals surface area contributed by atoms with E-state index in [-0.39, 0.29) is 12.0 Å². The third kappa shape index (κ3) is 3.63. The van der Waals surface area contributed by atoms with Crippen LogP contribution >= 0.6 is 0 Å². The van der Waals surface area contributed by atoms with Crippen LogP contribution in [-0.2, 0) is 6.54 Å². The van der Waals surface area contributed by atoms with Crippen LogP contribution < -0.4 is 9.64 Å². The van der Waals surface area contributed by atoms with Crippen molar-refractivity contribution in [2.45, 2.75) is 39.3 Å². The number of hydrogen-bond donors (Lipinski definition) is 0. The molecule has 0 amide bonds. The molecule has 1 aromatic carbocycles. The van der Waals surface area contributed by atoms with Crippen molar-refractivity contribution in [3.63, 3.8) is 0 Å². The molecule has 0 aliphatic carbocycles. The van der Waals surface area contributed by atoms with E-state index in [0.717, 1.165) is 54.5 Å². The average Bonchev–Trinajstić information content (AvgIpc) is 3.11. The fourth-order valence-electron chi connectivity index (χ4n) is 3.61. The van der Waals surface area contributed by atoms with Crippen LogP contribution in [0.3, 0.4) is 0 Å². The molecule has 6 heteroatoms. The van der Waals surface area contributed by atoms with Gasteiger partial charge in [0.2, 0.25) is 0 Å². The number of fused-ring (bicyclic) bond motifs is 1. The summed E-state index contributed by atoms with van der Waals surface area (Å²) >= 11 is 0. The highest BCUT2D eigenvalue weighted by Gasteiger charge is 2.23. The summed E-state index contributed by atoms with van der Waals surface area (Å²) in [5, 5.41) is 9.09. The van der Waals surface area contributed by atoms with Gasteiger partial charge < -0.3 is 9.64 Å². The largest absolute Gasteiger partial charge is 0.491 e. The molecule has 0 unspecified atom stereocenters. The topological polar surface area (TPSA) is 74.4 Å². The van der Waals surface area contributed by atoms with Crippen LogP contribution in [0.1, 0.15) is 43.5 Å². The Hall–Kier alpha value is -2.94. The fourth-order valence-corrected chi connectivity index (χ4v) is 3.61. The van der Waals surface area contributed by atoms with Gasteiger partial charge >= 0.3 is 0 Å². The highest BCUT2D eigenvalue weighted by atomic mass is 16.5. The second-order valence-corrected chi connectivity index (χ2v) is 7.30. The van der Waals surface area contributed by atoms with E-state index in [2.05, 4.69) is 33.1 Å². The van der Waals surface area contributed by atoms with Crippen LogP contribution in [0.4, 0.5) is 5.82 Å². The molecule has 0 saturated carbocycles. The van der Waals surface area contributed by atoms with Gasteiger partial charge in [-0.05, 0) is 44.4 Å². The highest BCUT2D eigenvalue weighted by molar-refractivity contribution is 6.14. The molecule has 0 N–H and O–H groups in total. The smallest absolute Gasteiger partial charge is 0.132 e. The molecule has 6 nitrogen and oxygen atoms in total. The van der Waals surface area contributed by atoms with Gasteiger partial charge in [0.1, 0.15) is 17.9 Å². The molecular formula is C21H23N5O. The minimum Gasteiger partial charge on any atom is -0.491 e. The molecule has 2 aliphatic heterocycles. The van der Waals surface area contributed by atoms with Crippen LogP contribution in [0.5, 0.6) is 5.75 Å². The SMILES string of the molecule is CC(C)Oc1ccc2c(c1)C(c1cc(N3CCC(C#N)CC3)ncn1)=NC2. The summed E-state index contributed by atoms with van der Waals surface area (Å²) in [7, 11) is 0. The predicted molar refractivity (Wildman–Crippen MR) is 104 cm³/mol. The van der Waals surface area contributed by atoms with Gasteiger partial charge in [-0.25, -0.2) is 9.97 Å². The van der Waals surface area contributed by atoms with Crippen molar-refractivity contribution in [3.8, 4) is 11.8 Å². The lowest BCUT2D eigenvalue weighted by atomic mass is 9.98. The molecule has 3 heterocycles. The highest BCUT2D eigenvalue weighted by Crippen LogP contribution is 2.28. The Morgan fingerprint density at radius 2 is 2.00 bits per heavy atom. The maximum Gasteiger partial charge on any atom is 0.132 e. The maximum atomic E-state index is 9.09. The fraction of sp³-hybridized carbons (Fsp3) is 0.429. The molecule has 0 bridgehead atoms. The number of nitriles is 1. The minimum absolute atomic E-state index is 0.131. The lowest BCUT2D eigenvalue weighted by molar-refractivity contribution is 0.242. The summed E-state index contributed by atoms with van der Waals surface area (Å²) in [4.78, 5) is 15.9. The molecule has 1 aromatic heterocycles. The number of nitrogens with zero attached hydrogens (tertiary/aromatic N) is 5. The normalized spacial score (nSPS) is 16.8. The Bertz CT molecular complexity index is 907. The van der Waals surface area contributed by atoms with E-state index in [1.54, 1.807) is 6.33 Å². The number of aromatic nitrogens is 2. The van der Waals surface area contributed by atoms with Gasteiger partial charge in [0.15, 0.2) is 0 Å². The van der Waals surface area contributed by atoms with Crippen molar-refractivity contribution in [1.29, 1.82) is 5.26 Å². The zero-order chi connectivity index (χ0) is 18.8. The number of aliphatic imine (C=N–C) groups is 1. The molecule has 0 atom stereocenters. The second-order valence-electron chi connectivity index (χ2n) is 7.30. The minimum atomic E-state index is 0.131. The lowest BCUT2D eigenvalue weighted by Crippen LogP contribution is -2.34. The average molecular weight is 361 g/mol. The van der Waals surface area contributed by atoms with Gasteiger partial charge in [-0.3, -0.25) is 4.99 Å². The number of benzene rings is 1. The number of ether oxygens (including phenoxy) is 1. The molecule has 1 fully saturated rings. The predicted octanol–water partition coefficient (Wildman–Crippen LogP) is 3.35. The molecule has 2 aromatic rings. The molecule has 27 heavy (non-hydrogen) atoms. The zero-order valence-corrected chi connectivity index (χ0v) is 15.7.